The van der Waals surface area contributed by atoms with E-state index in [0.717, 1.165) is 28.6 Å². The summed E-state index contributed by atoms with van der Waals surface area (Å²) in [7, 11) is 1.67. The Morgan fingerprint density at radius 1 is 1.32 bits per heavy atom. The number of aromatic nitrogens is 3. The molecule has 0 radical (unpaired) electrons. The van der Waals surface area contributed by atoms with Crippen LogP contribution in [0, 0.1) is 11.3 Å². The first kappa shape index (κ1) is 13.9. The zero-order valence-electron chi connectivity index (χ0n) is 12.1. The number of benzene rings is 1. The maximum atomic E-state index is 9.00. The molecule has 3 rings (SSSR count). The number of hydrogen-bond acceptors (Lipinski definition) is 5. The fourth-order valence-electron chi connectivity index (χ4n) is 2.45. The number of nitrogens with zero attached hydrogens (tertiary/aromatic N) is 3. The average molecular weight is 293 g/mol. The van der Waals surface area contributed by atoms with E-state index in [1.807, 2.05) is 30.5 Å². The standard InChI is InChI=1S/C16H15N5O/c1-22-14-4-2-3-12-15(14)11(10-21-12)5-6-19-16-13(9-17)18-7-8-20-16/h2-4,7-8,10,21H,5-6H2,1H3,(H,19,20). The lowest BCUT2D eigenvalue weighted by atomic mass is 10.1. The number of rotatable bonds is 5. The maximum Gasteiger partial charge on any atom is 0.182 e. The van der Waals surface area contributed by atoms with E-state index < -0.39 is 0 Å². The second kappa shape index (κ2) is 6.14. The molecule has 0 saturated heterocycles. The van der Waals surface area contributed by atoms with Gasteiger partial charge in [0, 0.05) is 36.0 Å². The van der Waals surface area contributed by atoms with Gasteiger partial charge in [0.05, 0.1) is 7.11 Å². The third kappa shape index (κ3) is 2.56. The molecule has 0 bridgehead atoms. The van der Waals surface area contributed by atoms with Gasteiger partial charge in [-0.3, -0.25) is 0 Å². The summed E-state index contributed by atoms with van der Waals surface area (Å²) in [4.78, 5) is 11.4. The minimum atomic E-state index is 0.305. The van der Waals surface area contributed by atoms with Crippen LogP contribution in [-0.4, -0.2) is 28.6 Å². The lowest BCUT2D eigenvalue weighted by Crippen LogP contribution is -2.08. The quantitative estimate of drug-likeness (QED) is 0.754. The predicted molar refractivity (Wildman–Crippen MR) is 83.8 cm³/mol. The van der Waals surface area contributed by atoms with Gasteiger partial charge in [0.1, 0.15) is 11.8 Å². The van der Waals surface area contributed by atoms with E-state index >= 15 is 0 Å². The molecule has 0 atom stereocenters. The summed E-state index contributed by atoms with van der Waals surface area (Å²) < 4.78 is 5.42. The molecule has 6 nitrogen and oxygen atoms in total. The van der Waals surface area contributed by atoms with Crippen LogP contribution in [0.2, 0.25) is 0 Å². The first-order chi connectivity index (χ1) is 10.8. The second-order valence-corrected chi connectivity index (χ2v) is 4.74. The summed E-state index contributed by atoms with van der Waals surface area (Å²) in [6.45, 7) is 0.651. The van der Waals surface area contributed by atoms with Crippen LogP contribution in [-0.2, 0) is 6.42 Å². The molecule has 0 amide bonds. The zero-order chi connectivity index (χ0) is 15.4. The monoisotopic (exact) mass is 293 g/mol. The van der Waals surface area contributed by atoms with Gasteiger partial charge in [0.15, 0.2) is 11.5 Å². The summed E-state index contributed by atoms with van der Waals surface area (Å²) in [6.07, 6.45) is 5.84. The molecule has 0 fully saturated rings. The molecule has 0 aliphatic rings. The fraction of sp³-hybridized carbons (Fsp3) is 0.188. The summed E-state index contributed by atoms with van der Waals surface area (Å²) in [5, 5.41) is 13.2. The zero-order valence-corrected chi connectivity index (χ0v) is 12.1. The first-order valence-electron chi connectivity index (χ1n) is 6.91. The highest BCUT2D eigenvalue weighted by molar-refractivity contribution is 5.89. The van der Waals surface area contributed by atoms with Gasteiger partial charge in [0.2, 0.25) is 0 Å². The molecule has 6 heteroatoms. The third-order valence-corrected chi connectivity index (χ3v) is 3.46. The molecule has 1 aromatic carbocycles. The van der Waals surface area contributed by atoms with Crippen LogP contribution < -0.4 is 10.1 Å². The number of hydrogen-bond donors (Lipinski definition) is 2. The van der Waals surface area contributed by atoms with Crippen molar-refractivity contribution in [2.24, 2.45) is 0 Å². The molecule has 0 spiro atoms. The van der Waals surface area contributed by atoms with Gasteiger partial charge in [-0.25, -0.2) is 9.97 Å². The normalized spacial score (nSPS) is 10.4. The number of methoxy groups -OCH3 is 1. The molecule has 110 valence electrons. The van der Waals surface area contributed by atoms with E-state index in [9.17, 15) is 0 Å². The molecule has 2 heterocycles. The molecule has 0 saturated carbocycles. The molecular weight excluding hydrogens is 278 g/mol. The first-order valence-corrected chi connectivity index (χ1v) is 6.91. The van der Waals surface area contributed by atoms with Gasteiger partial charge in [-0.15, -0.1) is 0 Å². The number of fused-ring (bicyclic) bond motifs is 1. The number of H-pyrrole nitrogens is 1. The molecule has 0 unspecified atom stereocenters. The van der Waals surface area contributed by atoms with E-state index in [1.54, 1.807) is 13.3 Å². The number of nitrogens with one attached hydrogen (secondary N) is 2. The highest BCUT2D eigenvalue weighted by Gasteiger charge is 2.09. The van der Waals surface area contributed by atoms with Crippen LogP contribution in [0.5, 0.6) is 5.75 Å². The molecule has 2 N–H and O–H groups in total. The Balaban J connectivity index is 1.76. The van der Waals surface area contributed by atoms with Crippen molar-refractivity contribution in [3.63, 3.8) is 0 Å². The van der Waals surface area contributed by atoms with Gasteiger partial charge in [-0.05, 0) is 24.1 Å². The maximum absolute atomic E-state index is 9.00. The molecule has 2 aromatic heterocycles. The van der Waals surface area contributed by atoms with Crippen LogP contribution in [0.4, 0.5) is 5.82 Å². The Hall–Kier alpha value is -3.07. The van der Waals surface area contributed by atoms with Crippen LogP contribution in [0.3, 0.4) is 0 Å². The summed E-state index contributed by atoms with van der Waals surface area (Å²) in [6, 6.07) is 7.95. The van der Waals surface area contributed by atoms with Crippen molar-refractivity contribution in [2.45, 2.75) is 6.42 Å². The largest absolute Gasteiger partial charge is 0.496 e. The fourth-order valence-corrected chi connectivity index (χ4v) is 2.45. The summed E-state index contributed by atoms with van der Waals surface area (Å²) >= 11 is 0. The molecule has 3 aromatic rings. The highest BCUT2D eigenvalue weighted by atomic mass is 16.5. The lowest BCUT2D eigenvalue weighted by Gasteiger charge is -2.07. The Labute approximate surface area is 127 Å². The molecule has 0 aliphatic carbocycles. The van der Waals surface area contributed by atoms with Gasteiger partial charge in [-0.1, -0.05) is 6.07 Å². The Bertz CT molecular complexity index is 834. The number of nitriles is 1. The van der Waals surface area contributed by atoms with E-state index in [-0.39, 0.29) is 0 Å². The lowest BCUT2D eigenvalue weighted by molar-refractivity contribution is 0.419. The molecular formula is C16H15N5O. The average Bonchev–Trinajstić information content (AvgIpc) is 2.98. The second-order valence-electron chi connectivity index (χ2n) is 4.74. The van der Waals surface area contributed by atoms with Crippen molar-refractivity contribution in [3.05, 3.63) is 48.0 Å². The van der Waals surface area contributed by atoms with Gasteiger partial charge in [-0.2, -0.15) is 5.26 Å². The third-order valence-electron chi connectivity index (χ3n) is 3.46. The van der Waals surface area contributed by atoms with E-state index in [0.29, 0.717) is 18.1 Å². The molecule has 0 aliphatic heterocycles. The van der Waals surface area contributed by atoms with Crippen molar-refractivity contribution in [1.29, 1.82) is 5.26 Å². The van der Waals surface area contributed by atoms with Crippen LogP contribution in [0.15, 0.2) is 36.8 Å². The predicted octanol–water partition coefficient (Wildman–Crippen LogP) is 2.49. The minimum Gasteiger partial charge on any atom is -0.496 e. The van der Waals surface area contributed by atoms with E-state index in [4.69, 9.17) is 10.00 Å². The van der Waals surface area contributed by atoms with E-state index in [2.05, 4.69) is 20.3 Å². The summed E-state index contributed by atoms with van der Waals surface area (Å²) in [5.41, 5.74) is 2.51. The van der Waals surface area contributed by atoms with Crippen LogP contribution >= 0.6 is 0 Å². The number of anilines is 1. The smallest absolute Gasteiger partial charge is 0.182 e. The number of aromatic amines is 1. The van der Waals surface area contributed by atoms with Gasteiger partial charge in [0.25, 0.3) is 0 Å². The Kier molecular flexibility index (Phi) is 3.88. The Morgan fingerprint density at radius 3 is 3.00 bits per heavy atom. The van der Waals surface area contributed by atoms with Crippen LogP contribution in [0.1, 0.15) is 11.3 Å². The van der Waals surface area contributed by atoms with Gasteiger partial charge >= 0.3 is 0 Å². The number of ether oxygens (including phenoxy) is 1. The summed E-state index contributed by atoms with van der Waals surface area (Å²) in [5.74, 6) is 1.36. The topological polar surface area (TPSA) is 86.6 Å². The highest BCUT2D eigenvalue weighted by Crippen LogP contribution is 2.28. The minimum absolute atomic E-state index is 0.305. The van der Waals surface area contributed by atoms with Crippen molar-refractivity contribution < 1.29 is 4.74 Å². The van der Waals surface area contributed by atoms with Gasteiger partial charge < -0.3 is 15.0 Å². The Morgan fingerprint density at radius 2 is 2.18 bits per heavy atom. The van der Waals surface area contributed by atoms with Crippen molar-refractivity contribution in [3.8, 4) is 11.8 Å². The SMILES string of the molecule is COc1cccc2[nH]cc(CCNc3nccnc3C#N)c12. The van der Waals surface area contributed by atoms with Crippen LogP contribution in [0.25, 0.3) is 10.9 Å². The van der Waals surface area contributed by atoms with Crippen molar-refractivity contribution in [2.75, 3.05) is 19.0 Å². The molecule has 22 heavy (non-hydrogen) atoms. The van der Waals surface area contributed by atoms with Crippen molar-refractivity contribution >= 4 is 16.7 Å². The van der Waals surface area contributed by atoms with Crippen molar-refractivity contribution in [1.82, 2.24) is 15.0 Å². The van der Waals surface area contributed by atoms with E-state index in [1.165, 1.54) is 6.20 Å².